The maximum atomic E-state index is 12.9. The van der Waals surface area contributed by atoms with Gasteiger partial charge in [-0.1, -0.05) is 36.4 Å². The Kier molecular flexibility index (Phi) is 4.16. The summed E-state index contributed by atoms with van der Waals surface area (Å²) in [5.41, 5.74) is 2.89. The lowest BCUT2D eigenvalue weighted by Gasteiger charge is -2.30. The SMILES string of the molecule is O=C1CN(c2ccccc2NC(=O)C2CC(=O)c3ccccc32)CCN1. The van der Waals surface area contributed by atoms with Crippen molar-refractivity contribution in [2.45, 2.75) is 12.3 Å². The number of ketones is 1. The van der Waals surface area contributed by atoms with Crippen LogP contribution in [0.5, 0.6) is 0 Å². The van der Waals surface area contributed by atoms with E-state index < -0.39 is 5.92 Å². The first-order valence-electron chi connectivity index (χ1n) is 8.67. The van der Waals surface area contributed by atoms with E-state index in [2.05, 4.69) is 10.6 Å². The first kappa shape index (κ1) is 16.3. The van der Waals surface area contributed by atoms with Crippen LogP contribution < -0.4 is 15.5 Å². The number of carbonyl (C=O) groups is 3. The van der Waals surface area contributed by atoms with Gasteiger partial charge >= 0.3 is 0 Å². The molecule has 6 nitrogen and oxygen atoms in total. The van der Waals surface area contributed by atoms with E-state index in [-0.39, 0.29) is 30.6 Å². The second-order valence-corrected chi connectivity index (χ2v) is 6.55. The van der Waals surface area contributed by atoms with Crippen LogP contribution in [0.15, 0.2) is 48.5 Å². The molecule has 6 heteroatoms. The Labute approximate surface area is 151 Å². The number of piperazine rings is 1. The molecule has 132 valence electrons. The van der Waals surface area contributed by atoms with Crippen molar-refractivity contribution in [2.75, 3.05) is 29.9 Å². The third kappa shape index (κ3) is 2.94. The summed E-state index contributed by atoms with van der Waals surface area (Å²) in [4.78, 5) is 38.6. The van der Waals surface area contributed by atoms with Gasteiger partial charge in [-0.25, -0.2) is 0 Å². The van der Waals surface area contributed by atoms with E-state index in [9.17, 15) is 14.4 Å². The molecule has 2 aromatic rings. The van der Waals surface area contributed by atoms with Gasteiger partial charge in [-0.05, 0) is 17.7 Å². The third-order valence-electron chi connectivity index (χ3n) is 4.88. The minimum atomic E-state index is -0.476. The Bertz CT molecular complexity index is 893. The van der Waals surface area contributed by atoms with Crippen LogP contribution >= 0.6 is 0 Å². The molecule has 0 aromatic heterocycles. The maximum Gasteiger partial charge on any atom is 0.239 e. The van der Waals surface area contributed by atoms with Gasteiger partial charge < -0.3 is 15.5 Å². The standard InChI is InChI=1S/C20H19N3O3/c24-18-11-15(13-5-1-2-6-14(13)18)20(26)22-16-7-3-4-8-17(16)23-10-9-21-19(25)12-23/h1-8,15H,9-12H2,(H,21,25)(H,22,26). The van der Waals surface area contributed by atoms with Crippen LogP contribution in [-0.2, 0) is 9.59 Å². The second kappa shape index (κ2) is 6.63. The molecule has 2 N–H and O–H groups in total. The van der Waals surface area contributed by atoms with E-state index in [0.29, 0.717) is 24.3 Å². The molecule has 1 heterocycles. The minimum Gasteiger partial charge on any atom is -0.359 e. The lowest BCUT2D eigenvalue weighted by molar-refractivity contribution is -0.120. The lowest BCUT2D eigenvalue weighted by atomic mass is 10.0. The normalized spacial score (nSPS) is 19.1. The van der Waals surface area contributed by atoms with Crippen molar-refractivity contribution in [1.29, 1.82) is 0 Å². The number of nitrogens with one attached hydrogen (secondary N) is 2. The number of amides is 2. The topological polar surface area (TPSA) is 78.5 Å². The molecule has 4 rings (SSSR count). The predicted octanol–water partition coefficient (Wildman–Crippen LogP) is 1.93. The molecular weight excluding hydrogens is 330 g/mol. The molecule has 2 aromatic carbocycles. The van der Waals surface area contributed by atoms with Gasteiger partial charge in [0, 0.05) is 25.1 Å². The molecule has 0 saturated carbocycles. The molecule has 0 radical (unpaired) electrons. The highest BCUT2D eigenvalue weighted by molar-refractivity contribution is 6.10. The summed E-state index contributed by atoms with van der Waals surface area (Å²) in [5.74, 6) is -0.706. The highest BCUT2D eigenvalue weighted by atomic mass is 16.2. The number of nitrogens with zero attached hydrogens (tertiary/aromatic N) is 1. The Morgan fingerprint density at radius 2 is 1.85 bits per heavy atom. The summed E-state index contributed by atoms with van der Waals surface area (Å²) in [6.45, 7) is 1.52. The van der Waals surface area contributed by atoms with E-state index >= 15 is 0 Å². The molecule has 0 bridgehead atoms. The van der Waals surface area contributed by atoms with Gasteiger partial charge in [-0.15, -0.1) is 0 Å². The molecule has 2 aliphatic rings. The number of Topliss-reactive ketones (excluding diaryl/α,β-unsaturated/α-hetero) is 1. The van der Waals surface area contributed by atoms with E-state index in [4.69, 9.17) is 0 Å². The van der Waals surface area contributed by atoms with Crippen molar-refractivity contribution in [3.8, 4) is 0 Å². The van der Waals surface area contributed by atoms with Crippen molar-refractivity contribution in [2.24, 2.45) is 0 Å². The number of anilines is 2. The summed E-state index contributed by atoms with van der Waals surface area (Å²) in [6.07, 6.45) is 0.194. The van der Waals surface area contributed by atoms with Crippen LogP contribution in [0.25, 0.3) is 0 Å². The average molecular weight is 349 g/mol. The quantitative estimate of drug-likeness (QED) is 0.888. The number of hydrogen-bond donors (Lipinski definition) is 2. The molecule has 26 heavy (non-hydrogen) atoms. The maximum absolute atomic E-state index is 12.9. The van der Waals surface area contributed by atoms with Crippen molar-refractivity contribution >= 4 is 29.0 Å². The summed E-state index contributed by atoms with van der Waals surface area (Å²) >= 11 is 0. The van der Waals surface area contributed by atoms with Gasteiger partial charge in [-0.2, -0.15) is 0 Å². The van der Waals surface area contributed by atoms with Crippen molar-refractivity contribution < 1.29 is 14.4 Å². The molecule has 1 atom stereocenters. The van der Waals surface area contributed by atoms with Crippen molar-refractivity contribution in [3.05, 3.63) is 59.7 Å². The van der Waals surface area contributed by atoms with Crippen molar-refractivity contribution in [3.63, 3.8) is 0 Å². The van der Waals surface area contributed by atoms with E-state index in [1.165, 1.54) is 0 Å². The number of rotatable bonds is 3. The summed E-state index contributed by atoms with van der Waals surface area (Å²) < 4.78 is 0. The molecule has 2 amide bonds. The van der Waals surface area contributed by atoms with Crippen LogP contribution in [0, 0.1) is 0 Å². The van der Waals surface area contributed by atoms with Gasteiger partial charge in [0.05, 0.1) is 23.8 Å². The molecule has 1 aliphatic heterocycles. The van der Waals surface area contributed by atoms with Crippen LogP contribution in [0.1, 0.15) is 28.3 Å². The highest BCUT2D eigenvalue weighted by Gasteiger charge is 2.34. The van der Waals surface area contributed by atoms with Gasteiger partial charge in [-0.3, -0.25) is 14.4 Å². The fraction of sp³-hybridized carbons (Fsp3) is 0.250. The van der Waals surface area contributed by atoms with E-state index in [1.54, 1.807) is 6.07 Å². The summed E-state index contributed by atoms with van der Waals surface area (Å²) in [5, 5.41) is 5.76. The lowest BCUT2D eigenvalue weighted by Crippen LogP contribution is -2.48. The number of hydrogen-bond acceptors (Lipinski definition) is 4. The number of para-hydroxylation sites is 2. The van der Waals surface area contributed by atoms with Gasteiger partial charge in [0.15, 0.2) is 5.78 Å². The predicted molar refractivity (Wildman–Crippen MR) is 98.4 cm³/mol. The fourth-order valence-corrected chi connectivity index (χ4v) is 3.61. The molecule has 1 saturated heterocycles. The van der Waals surface area contributed by atoms with Crippen LogP contribution in [0.4, 0.5) is 11.4 Å². The zero-order valence-electron chi connectivity index (χ0n) is 14.2. The van der Waals surface area contributed by atoms with Crippen LogP contribution in [0.2, 0.25) is 0 Å². The van der Waals surface area contributed by atoms with Crippen LogP contribution in [0.3, 0.4) is 0 Å². The Hall–Kier alpha value is -3.15. The molecule has 1 unspecified atom stereocenters. The summed E-state index contributed by atoms with van der Waals surface area (Å²) in [6, 6.07) is 14.7. The van der Waals surface area contributed by atoms with Crippen LogP contribution in [-0.4, -0.2) is 37.2 Å². The smallest absolute Gasteiger partial charge is 0.239 e. The molecule has 1 aliphatic carbocycles. The minimum absolute atomic E-state index is 0.00161. The van der Waals surface area contributed by atoms with Gasteiger partial charge in [0.1, 0.15) is 0 Å². The largest absolute Gasteiger partial charge is 0.359 e. The Morgan fingerprint density at radius 3 is 2.69 bits per heavy atom. The van der Waals surface area contributed by atoms with Gasteiger partial charge in [0.2, 0.25) is 11.8 Å². The van der Waals surface area contributed by atoms with Gasteiger partial charge in [0.25, 0.3) is 0 Å². The average Bonchev–Trinajstić information content (AvgIpc) is 2.99. The fourth-order valence-electron chi connectivity index (χ4n) is 3.61. The van der Waals surface area contributed by atoms with Crippen molar-refractivity contribution in [1.82, 2.24) is 5.32 Å². The Morgan fingerprint density at radius 1 is 1.08 bits per heavy atom. The number of benzene rings is 2. The molecular formula is C20H19N3O3. The number of fused-ring (bicyclic) bond motifs is 1. The highest BCUT2D eigenvalue weighted by Crippen LogP contribution is 2.35. The zero-order valence-corrected chi connectivity index (χ0v) is 14.2. The number of carbonyl (C=O) groups excluding carboxylic acids is 3. The molecule has 0 spiro atoms. The molecule has 1 fully saturated rings. The first-order chi connectivity index (χ1) is 12.6. The van der Waals surface area contributed by atoms with E-state index in [1.807, 2.05) is 47.4 Å². The first-order valence-corrected chi connectivity index (χ1v) is 8.67. The summed E-state index contributed by atoms with van der Waals surface area (Å²) in [7, 11) is 0. The Balaban J connectivity index is 1.58. The third-order valence-corrected chi connectivity index (χ3v) is 4.88. The van der Waals surface area contributed by atoms with E-state index in [0.717, 1.165) is 11.3 Å². The zero-order chi connectivity index (χ0) is 18.1. The second-order valence-electron chi connectivity index (χ2n) is 6.55. The monoisotopic (exact) mass is 349 g/mol.